The number of unbranched alkanes of at least 4 members (excludes halogenated alkanes) is 1. The van der Waals surface area contributed by atoms with Crippen LogP contribution < -0.4 is 0 Å². The topological polar surface area (TPSA) is 66.8 Å². The average Bonchev–Trinajstić information content (AvgIpc) is 2.66. The van der Waals surface area contributed by atoms with Crippen LogP contribution in [0.1, 0.15) is 57.4 Å². The summed E-state index contributed by atoms with van der Waals surface area (Å²) in [5.41, 5.74) is -0.0289. The largest absolute Gasteiger partial charge is 0.467 e. The normalized spacial score (nSPS) is 22.7. The number of carbonyl (C=O) groups is 2. The predicted octanol–water partition coefficient (Wildman–Crippen LogP) is 3.81. The Morgan fingerprint density at radius 3 is 2.42 bits per heavy atom. The predicted molar refractivity (Wildman–Crippen MR) is 103 cm³/mol. The van der Waals surface area contributed by atoms with Crippen LogP contribution in [0.25, 0.3) is 0 Å². The zero-order chi connectivity index (χ0) is 19.2. The van der Waals surface area contributed by atoms with Crippen molar-refractivity contribution in [3.63, 3.8) is 0 Å². The molecular weight excluding hydrogens is 398 g/mol. The van der Waals surface area contributed by atoms with Gasteiger partial charge >= 0.3 is 5.97 Å². The number of methoxy groups -OCH3 is 1. The van der Waals surface area contributed by atoms with E-state index in [-0.39, 0.29) is 11.9 Å². The number of ether oxygens (including phenoxy) is 1. The highest BCUT2D eigenvalue weighted by Gasteiger charge is 2.49. The first-order chi connectivity index (χ1) is 12.4. The average molecular weight is 426 g/mol. The van der Waals surface area contributed by atoms with E-state index in [4.69, 9.17) is 4.74 Å². The highest BCUT2D eigenvalue weighted by atomic mass is 79.9. The van der Waals surface area contributed by atoms with E-state index in [2.05, 4.69) is 15.9 Å². The number of amides is 1. The molecule has 2 rings (SSSR count). The van der Waals surface area contributed by atoms with Crippen molar-refractivity contribution >= 4 is 27.8 Å². The fourth-order valence-electron chi connectivity index (χ4n) is 3.57. The minimum Gasteiger partial charge on any atom is -0.467 e. The number of halogens is 1. The van der Waals surface area contributed by atoms with Crippen LogP contribution in [0, 0.1) is 0 Å². The second-order valence-corrected chi connectivity index (χ2v) is 7.88. The second-order valence-electron chi connectivity index (χ2n) is 6.96. The number of esters is 1. The fraction of sp³-hybridized carbons (Fsp3) is 0.600. The molecule has 0 atom stereocenters. The summed E-state index contributed by atoms with van der Waals surface area (Å²) < 4.78 is 6.07. The lowest BCUT2D eigenvalue weighted by Crippen LogP contribution is -2.59. The van der Waals surface area contributed by atoms with E-state index >= 15 is 0 Å². The van der Waals surface area contributed by atoms with E-state index in [0.717, 1.165) is 22.9 Å². The Hall–Kier alpha value is -1.40. The summed E-state index contributed by atoms with van der Waals surface area (Å²) in [5.74, 6) is -0.414. The van der Waals surface area contributed by atoms with Crippen LogP contribution in [-0.4, -0.2) is 40.6 Å². The van der Waals surface area contributed by atoms with Crippen molar-refractivity contribution in [2.75, 3.05) is 7.11 Å². The molecule has 5 nitrogen and oxygen atoms in total. The van der Waals surface area contributed by atoms with Crippen LogP contribution in [0.2, 0.25) is 0 Å². The number of aliphatic hydroxyl groups excluding tert-OH is 1. The summed E-state index contributed by atoms with van der Waals surface area (Å²) in [6.07, 6.45) is 3.53. The van der Waals surface area contributed by atoms with E-state index in [9.17, 15) is 14.7 Å². The molecule has 1 aromatic rings. The first-order valence-corrected chi connectivity index (χ1v) is 10.0. The fourth-order valence-corrected chi connectivity index (χ4v) is 3.83. The Kier molecular flexibility index (Phi) is 7.65. The van der Waals surface area contributed by atoms with Crippen LogP contribution in [0.15, 0.2) is 28.7 Å². The third-order valence-corrected chi connectivity index (χ3v) is 5.69. The van der Waals surface area contributed by atoms with Gasteiger partial charge in [0.15, 0.2) is 0 Å². The molecule has 0 unspecified atom stereocenters. The number of benzene rings is 1. The number of hydrogen-bond donors (Lipinski definition) is 1. The lowest BCUT2D eigenvalue weighted by Gasteiger charge is -2.45. The number of carbonyl (C=O) groups excluding carboxylic acids is 2. The molecule has 0 spiro atoms. The van der Waals surface area contributed by atoms with E-state index in [1.165, 1.54) is 7.11 Å². The molecule has 1 N–H and O–H groups in total. The van der Waals surface area contributed by atoms with Crippen molar-refractivity contribution in [3.8, 4) is 0 Å². The second kappa shape index (κ2) is 9.51. The van der Waals surface area contributed by atoms with E-state index in [1.54, 1.807) is 4.90 Å². The SMILES string of the molecule is CCCCC(=O)N(Cc1ccc(Br)cc1)C1(C(=O)OC)CCC(O)CC1. The molecule has 0 aromatic heterocycles. The van der Waals surface area contributed by atoms with E-state index in [1.807, 2.05) is 31.2 Å². The molecule has 0 radical (unpaired) electrons. The summed E-state index contributed by atoms with van der Waals surface area (Å²) >= 11 is 3.42. The highest BCUT2D eigenvalue weighted by Crippen LogP contribution is 2.37. The minimum absolute atomic E-state index is 0.0310. The van der Waals surface area contributed by atoms with Crippen molar-refractivity contribution < 1.29 is 19.4 Å². The molecule has 1 saturated carbocycles. The molecule has 1 aromatic carbocycles. The zero-order valence-electron chi connectivity index (χ0n) is 15.5. The maximum atomic E-state index is 13.0. The van der Waals surface area contributed by atoms with Gasteiger partial charge in [-0.15, -0.1) is 0 Å². The molecular formula is C20H28BrNO4. The number of nitrogens with zero attached hydrogens (tertiary/aromatic N) is 1. The molecule has 0 bridgehead atoms. The third-order valence-electron chi connectivity index (χ3n) is 5.16. The van der Waals surface area contributed by atoms with Gasteiger partial charge in [0.05, 0.1) is 13.2 Å². The molecule has 1 aliphatic carbocycles. The number of aliphatic hydroxyl groups is 1. The monoisotopic (exact) mass is 425 g/mol. The lowest BCUT2D eigenvalue weighted by atomic mass is 9.78. The summed E-state index contributed by atoms with van der Waals surface area (Å²) in [6.45, 7) is 2.40. The van der Waals surface area contributed by atoms with Gasteiger partial charge in [-0.05, 0) is 49.8 Å². The van der Waals surface area contributed by atoms with Gasteiger partial charge in [-0.25, -0.2) is 4.79 Å². The Morgan fingerprint density at radius 2 is 1.88 bits per heavy atom. The van der Waals surface area contributed by atoms with Gasteiger partial charge < -0.3 is 14.7 Å². The molecule has 1 aliphatic rings. The standard InChI is InChI=1S/C20H28BrNO4/c1-3-4-5-18(24)22(14-15-6-8-16(21)9-7-15)20(19(25)26-2)12-10-17(23)11-13-20/h6-9,17,23H,3-5,10-14H2,1-2H3. The molecule has 0 saturated heterocycles. The van der Waals surface area contributed by atoms with Crippen LogP contribution in [0.4, 0.5) is 0 Å². The van der Waals surface area contributed by atoms with Gasteiger partial charge in [-0.1, -0.05) is 41.4 Å². The Morgan fingerprint density at radius 1 is 1.27 bits per heavy atom. The van der Waals surface area contributed by atoms with Crippen molar-refractivity contribution in [1.29, 1.82) is 0 Å². The van der Waals surface area contributed by atoms with Crippen LogP contribution in [-0.2, 0) is 20.9 Å². The van der Waals surface area contributed by atoms with Crippen LogP contribution in [0.3, 0.4) is 0 Å². The molecule has 26 heavy (non-hydrogen) atoms. The van der Waals surface area contributed by atoms with Gasteiger partial charge in [-0.3, -0.25) is 4.79 Å². The first kappa shape index (κ1) is 20.9. The maximum absolute atomic E-state index is 13.0. The third kappa shape index (κ3) is 4.86. The summed E-state index contributed by atoms with van der Waals surface area (Å²) in [4.78, 5) is 27.5. The summed E-state index contributed by atoms with van der Waals surface area (Å²) in [5, 5.41) is 9.92. The molecule has 144 valence electrons. The van der Waals surface area contributed by atoms with Crippen molar-refractivity contribution in [3.05, 3.63) is 34.3 Å². The van der Waals surface area contributed by atoms with Gasteiger partial charge in [0.25, 0.3) is 0 Å². The van der Waals surface area contributed by atoms with Gasteiger partial charge in [0, 0.05) is 17.4 Å². The number of rotatable bonds is 7. The molecule has 6 heteroatoms. The molecule has 1 fully saturated rings. The Bertz CT molecular complexity index is 609. The smallest absolute Gasteiger partial charge is 0.331 e. The van der Waals surface area contributed by atoms with Crippen molar-refractivity contribution in [2.24, 2.45) is 0 Å². The highest BCUT2D eigenvalue weighted by molar-refractivity contribution is 9.10. The van der Waals surface area contributed by atoms with Crippen LogP contribution >= 0.6 is 15.9 Å². The molecule has 0 aliphatic heterocycles. The van der Waals surface area contributed by atoms with Crippen molar-refractivity contribution in [1.82, 2.24) is 4.90 Å². The van der Waals surface area contributed by atoms with Gasteiger partial charge in [0.1, 0.15) is 5.54 Å². The van der Waals surface area contributed by atoms with Gasteiger partial charge in [0.2, 0.25) is 5.91 Å². The van der Waals surface area contributed by atoms with E-state index in [0.29, 0.717) is 38.6 Å². The lowest BCUT2D eigenvalue weighted by molar-refractivity contribution is -0.167. The quantitative estimate of drug-likeness (QED) is 0.674. The summed E-state index contributed by atoms with van der Waals surface area (Å²) in [6, 6.07) is 7.76. The summed E-state index contributed by atoms with van der Waals surface area (Å²) in [7, 11) is 1.36. The van der Waals surface area contributed by atoms with Gasteiger partial charge in [-0.2, -0.15) is 0 Å². The van der Waals surface area contributed by atoms with E-state index < -0.39 is 11.6 Å². The maximum Gasteiger partial charge on any atom is 0.331 e. The van der Waals surface area contributed by atoms with Crippen molar-refractivity contribution in [2.45, 2.75) is 70.1 Å². The Labute approximate surface area is 163 Å². The van der Waals surface area contributed by atoms with Crippen LogP contribution in [0.5, 0.6) is 0 Å². The molecule has 1 amide bonds. The molecule has 0 heterocycles. The minimum atomic E-state index is -0.994. The number of hydrogen-bond acceptors (Lipinski definition) is 4. The Balaban J connectivity index is 2.36. The first-order valence-electron chi connectivity index (χ1n) is 9.24. The zero-order valence-corrected chi connectivity index (χ0v) is 17.1.